The summed E-state index contributed by atoms with van der Waals surface area (Å²) in [7, 11) is 0. The van der Waals surface area contributed by atoms with Crippen molar-refractivity contribution >= 4 is 23.4 Å². The van der Waals surface area contributed by atoms with Crippen molar-refractivity contribution in [3.05, 3.63) is 28.8 Å². The Morgan fingerprint density at radius 2 is 2.10 bits per heavy atom. The minimum Gasteiger partial charge on any atom is -0.444 e. The van der Waals surface area contributed by atoms with Gasteiger partial charge in [-0.1, -0.05) is 17.7 Å². The molecule has 1 amide bonds. The molecule has 4 nitrogen and oxygen atoms in total. The number of benzene rings is 1. The SMILES string of the molecule is CC(C)(C)OC(=O)N1CC2(CNc3cccc(Cl)c32)C1. The minimum atomic E-state index is -0.455. The van der Waals surface area contributed by atoms with Crippen LogP contribution in [0.4, 0.5) is 10.5 Å². The molecule has 5 heteroatoms. The van der Waals surface area contributed by atoms with Gasteiger partial charge in [-0.2, -0.15) is 0 Å². The van der Waals surface area contributed by atoms with Gasteiger partial charge in [0, 0.05) is 35.9 Å². The Morgan fingerprint density at radius 1 is 1.40 bits per heavy atom. The molecule has 1 fully saturated rings. The summed E-state index contributed by atoms with van der Waals surface area (Å²) in [6, 6.07) is 5.88. The maximum Gasteiger partial charge on any atom is 0.410 e. The van der Waals surface area contributed by atoms with Crippen molar-refractivity contribution in [1.29, 1.82) is 0 Å². The van der Waals surface area contributed by atoms with Gasteiger partial charge in [0.2, 0.25) is 0 Å². The average molecular weight is 295 g/mol. The van der Waals surface area contributed by atoms with E-state index < -0.39 is 5.60 Å². The summed E-state index contributed by atoms with van der Waals surface area (Å²) in [4.78, 5) is 13.8. The molecule has 0 saturated carbocycles. The Kier molecular flexibility index (Phi) is 2.91. The number of amides is 1. The Morgan fingerprint density at radius 3 is 2.75 bits per heavy atom. The third-order valence-electron chi connectivity index (χ3n) is 3.80. The van der Waals surface area contributed by atoms with Crippen LogP contribution >= 0.6 is 11.6 Å². The van der Waals surface area contributed by atoms with E-state index in [1.54, 1.807) is 4.90 Å². The molecule has 2 aliphatic rings. The highest BCUT2D eigenvalue weighted by Gasteiger charge is 2.52. The average Bonchev–Trinajstić information content (AvgIpc) is 2.65. The molecular weight excluding hydrogens is 276 g/mol. The number of likely N-dealkylation sites (tertiary alicyclic amines) is 1. The van der Waals surface area contributed by atoms with Crippen LogP contribution in [0.15, 0.2) is 18.2 Å². The van der Waals surface area contributed by atoms with Gasteiger partial charge in [0.1, 0.15) is 5.60 Å². The van der Waals surface area contributed by atoms with E-state index in [1.807, 2.05) is 39.0 Å². The van der Waals surface area contributed by atoms with Crippen LogP contribution in [0.1, 0.15) is 26.3 Å². The van der Waals surface area contributed by atoms with Crippen LogP contribution in [-0.4, -0.2) is 36.2 Å². The van der Waals surface area contributed by atoms with Crippen molar-refractivity contribution in [2.75, 3.05) is 25.0 Å². The van der Waals surface area contributed by atoms with Crippen molar-refractivity contribution in [2.24, 2.45) is 0 Å². The second kappa shape index (κ2) is 4.29. The van der Waals surface area contributed by atoms with E-state index in [0.29, 0.717) is 13.1 Å². The lowest BCUT2D eigenvalue weighted by Crippen LogP contribution is -2.62. The molecule has 0 aliphatic carbocycles. The predicted octanol–water partition coefficient (Wildman–Crippen LogP) is 3.25. The number of halogens is 1. The minimum absolute atomic E-state index is 0.0510. The number of rotatable bonds is 0. The monoisotopic (exact) mass is 294 g/mol. The maximum atomic E-state index is 12.0. The zero-order valence-electron chi connectivity index (χ0n) is 12.0. The highest BCUT2D eigenvalue weighted by atomic mass is 35.5. The van der Waals surface area contributed by atoms with Gasteiger partial charge in [-0.25, -0.2) is 4.79 Å². The first-order chi connectivity index (χ1) is 9.31. The Balaban J connectivity index is 1.74. The molecule has 3 rings (SSSR count). The number of hydrogen-bond acceptors (Lipinski definition) is 3. The third-order valence-corrected chi connectivity index (χ3v) is 4.11. The molecule has 1 N–H and O–H groups in total. The summed E-state index contributed by atoms with van der Waals surface area (Å²) in [5, 5.41) is 4.15. The van der Waals surface area contributed by atoms with E-state index in [9.17, 15) is 4.79 Å². The van der Waals surface area contributed by atoms with Crippen LogP contribution in [0.2, 0.25) is 5.02 Å². The molecule has 1 aromatic rings. The second-order valence-corrected chi connectivity index (χ2v) is 7.04. The molecule has 1 spiro atoms. The summed E-state index contributed by atoms with van der Waals surface area (Å²) >= 11 is 6.33. The van der Waals surface area contributed by atoms with E-state index in [0.717, 1.165) is 22.8 Å². The largest absolute Gasteiger partial charge is 0.444 e. The molecule has 1 saturated heterocycles. The fraction of sp³-hybridized carbons (Fsp3) is 0.533. The summed E-state index contributed by atoms with van der Waals surface area (Å²) in [5.41, 5.74) is 1.72. The topological polar surface area (TPSA) is 41.6 Å². The van der Waals surface area contributed by atoms with E-state index in [-0.39, 0.29) is 11.5 Å². The molecule has 20 heavy (non-hydrogen) atoms. The normalized spacial score (nSPS) is 19.3. The van der Waals surface area contributed by atoms with Gasteiger partial charge in [-0.05, 0) is 32.9 Å². The number of nitrogens with zero attached hydrogens (tertiary/aromatic N) is 1. The van der Waals surface area contributed by atoms with E-state index >= 15 is 0 Å². The molecule has 0 unspecified atom stereocenters. The predicted molar refractivity (Wildman–Crippen MR) is 79.4 cm³/mol. The highest BCUT2D eigenvalue weighted by Crippen LogP contribution is 2.46. The van der Waals surface area contributed by atoms with Crippen molar-refractivity contribution in [2.45, 2.75) is 31.8 Å². The summed E-state index contributed by atoms with van der Waals surface area (Å²) in [5.74, 6) is 0. The molecule has 2 heterocycles. The first kappa shape index (κ1) is 13.6. The lowest BCUT2D eigenvalue weighted by Gasteiger charge is -2.48. The van der Waals surface area contributed by atoms with E-state index in [2.05, 4.69) is 5.32 Å². The molecule has 0 aromatic heterocycles. The molecule has 0 bridgehead atoms. The number of fused-ring (bicyclic) bond motifs is 2. The number of ether oxygens (including phenoxy) is 1. The van der Waals surface area contributed by atoms with Crippen LogP contribution in [-0.2, 0) is 10.2 Å². The first-order valence-corrected chi connectivity index (χ1v) is 7.19. The molecule has 0 atom stereocenters. The second-order valence-electron chi connectivity index (χ2n) is 6.63. The van der Waals surface area contributed by atoms with Crippen molar-refractivity contribution < 1.29 is 9.53 Å². The fourth-order valence-electron chi connectivity index (χ4n) is 2.97. The maximum absolute atomic E-state index is 12.0. The molecule has 1 aromatic carbocycles. The number of nitrogens with one attached hydrogen (secondary N) is 1. The van der Waals surface area contributed by atoms with E-state index in [1.165, 1.54) is 0 Å². The molecule has 0 radical (unpaired) electrons. The number of hydrogen-bond donors (Lipinski definition) is 1. The highest BCUT2D eigenvalue weighted by molar-refractivity contribution is 6.32. The lowest BCUT2D eigenvalue weighted by molar-refractivity contribution is -0.00627. The van der Waals surface area contributed by atoms with Crippen LogP contribution in [0.5, 0.6) is 0 Å². The van der Waals surface area contributed by atoms with Gasteiger partial charge >= 0.3 is 6.09 Å². The van der Waals surface area contributed by atoms with Gasteiger partial charge in [0.25, 0.3) is 0 Å². The summed E-state index contributed by atoms with van der Waals surface area (Å²) < 4.78 is 5.40. The Bertz CT molecular complexity index is 559. The van der Waals surface area contributed by atoms with Crippen molar-refractivity contribution in [1.82, 2.24) is 4.90 Å². The van der Waals surface area contributed by atoms with Gasteiger partial charge in [0.15, 0.2) is 0 Å². The Hall–Kier alpha value is -1.42. The number of carbonyl (C=O) groups is 1. The van der Waals surface area contributed by atoms with Crippen LogP contribution in [0.3, 0.4) is 0 Å². The van der Waals surface area contributed by atoms with Crippen molar-refractivity contribution in [3.8, 4) is 0 Å². The first-order valence-electron chi connectivity index (χ1n) is 6.82. The molecule has 2 aliphatic heterocycles. The van der Waals surface area contributed by atoms with Gasteiger partial charge in [-0.3, -0.25) is 0 Å². The van der Waals surface area contributed by atoms with Gasteiger partial charge < -0.3 is 15.0 Å². The quantitative estimate of drug-likeness (QED) is 0.798. The Labute approximate surface area is 124 Å². The fourth-order valence-corrected chi connectivity index (χ4v) is 3.35. The lowest BCUT2D eigenvalue weighted by atomic mass is 9.75. The van der Waals surface area contributed by atoms with Crippen LogP contribution in [0, 0.1) is 0 Å². The summed E-state index contributed by atoms with van der Waals surface area (Å²) in [6.07, 6.45) is -0.247. The molecular formula is C15H19ClN2O2. The zero-order chi connectivity index (χ0) is 14.5. The van der Waals surface area contributed by atoms with Gasteiger partial charge in [0.05, 0.1) is 5.41 Å². The number of carbonyl (C=O) groups excluding carboxylic acids is 1. The van der Waals surface area contributed by atoms with Crippen molar-refractivity contribution in [3.63, 3.8) is 0 Å². The van der Waals surface area contributed by atoms with Crippen LogP contribution in [0.25, 0.3) is 0 Å². The third kappa shape index (κ3) is 2.12. The zero-order valence-corrected chi connectivity index (χ0v) is 12.8. The van der Waals surface area contributed by atoms with Crippen LogP contribution < -0.4 is 5.32 Å². The number of anilines is 1. The standard InChI is InChI=1S/C15H19ClN2O2/c1-14(2,3)20-13(19)18-8-15(9-18)7-17-11-6-4-5-10(16)12(11)15/h4-6,17H,7-9H2,1-3H3. The summed E-state index contributed by atoms with van der Waals surface area (Å²) in [6.45, 7) is 7.78. The molecule has 108 valence electrons. The van der Waals surface area contributed by atoms with Gasteiger partial charge in [-0.15, -0.1) is 0 Å². The van der Waals surface area contributed by atoms with E-state index in [4.69, 9.17) is 16.3 Å². The smallest absolute Gasteiger partial charge is 0.410 e.